The van der Waals surface area contributed by atoms with Gasteiger partial charge in [0.2, 0.25) is 5.88 Å². The van der Waals surface area contributed by atoms with Gasteiger partial charge in [0.15, 0.2) is 0 Å². The van der Waals surface area contributed by atoms with E-state index in [1.807, 2.05) is 6.21 Å². The van der Waals surface area contributed by atoms with Crippen LogP contribution in [-0.4, -0.2) is 49.6 Å². The lowest BCUT2D eigenvalue weighted by Gasteiger charge is -2.24. The standard InChI is InChI=1S/C18H28N3OP/c1-3-13-7-9-21(12-13)10-8-14-16(23)11-19-15-5-4-6-17(22-2)20-18(14)15/h6,11,13,15H,3-5,7-10,12,23H2,1-2H3/t13-,15?/m0/s1. The van der Waals surface area contributed by atoms with E-state index in [-0.39, 0.29) is 6.04 Å². The van der Waals surface area contributed by atoms with E-state index in [4.69, 9.17) is 9.73 Å². The molecule has 1 fully saturated rings. The molecule has 0 bridgehead atoms. The van der Waals surface area contributed by atoms with Crippen LogP contribution in [0.5, 0.6) is 0 Å². The number of methoxy groups -OCH3 is 1. The summed E-state index contributed by atoms with van der Waals surface area (Å²) in [5.41, 5.74) is 2.47. The van der Waals surface area contributed by atoms with Crippen molar-refractivity contribution in [2.75, 3.05) is 26.7 Å². The maximum atomic E-state index is 5.39. The Kier molecular flexibility index (Phi) is 5.66. The zero-order valence-electron chi connectivity index (χ0n) is 14.3. The smallest absolute Gasteiger partial charge is 0.209 e. The van der Waals surface area contributed by atoms with E-state index in [1.165, 1.54) is 36.8 Å². The molecule has 1 saturated heterocycles. The van der Waals surface area contributed by atoms with Crippen molar-refractivity contribution in [3.63, 3.8) is 0 Å². The molecule has 0 aliphatic carbocycles. The first-order valence-electron chi connectivity index (χ1n) is 8.78. The van der Waals surface area contributed by atoms with E-state index in [2.05, 4.69) is 32.1 Å². The van der Waals surface area contributed by atoms with Gasteiger partial charge < -0.3 is 9.64 Å². The molecule has 0 N–H and O–H groups in total. The Bertz CT molecular complexity index is 565. The molecule has 0 radical (unpaired) electrons. The zero-order chi connectivity index (χ0) is 16.2. The number of ether oxygens (including phenoxy) is 1. The molecule has 0 spiro atoms. The molecule has 4 nitrogen and oxygen atoms in total. The molecule has 0 aromatic rings. The average molecular weight is 333 g/mol. The Hall–Kier alpha value is -0.990. The van der Waals surface area contributed by atoms with Gasteiger partial charge in [-0.25, -0.2) is 4.99 Å². The molecule has 3 aliphatic heterocycles. The van der Waals surface area contributed by atoms with Crippen LogP contribution in [-0.2, 0) is 4.74 Å². The van der Waals surface area contributed by atoms with Crippen LogP contribution in [0.3, 0.4) is 0 Å². The van der Waals surface area contributed by atoms with Gasteiger partial charge in [0.1, 0.15) is 0 Å². The molecule has 23 heavy (non-hydrogen) atoms. The summed E-state index contributed by atoms with van der Waals surface area (Å²) in [6, 6.07) is 0.195. The van der Waals surface area contributed by atoms with Crippen LogP contribution in [0.2, 0.25) is 0 Å². The fraction of sp³-hybridized carbons (Fsp3) is 0.667. The zero-order valence-corrected chi connectivity index (χ0v) is 15.4. The van der Waals surface area contributed by atoms with Gasteiger partial charge in [0.25, 0.3) is 0 Å². The van der Waals surface area contributed by atoms with E-state index in [9.17, 15) is 0 Å². The first-order valence-corrected chi connectivity index (χ1v) is 9.36. The average Bonchev–Trinajstić information content (AvgIpc) is 2.92. The Morgan fingerprint density at radius 3 is 3.00 bits per heavy atom. The van der Waals surface area contributed by atoms with E-state index >= 15 is 0 Å². The molecule has 3 aliphatic rings. The SMILES string of the molecule is CC[C@H]1CCN(CCC2=C(P)C=NC3CCC=C(OC)N=C23)C1. The van der Waals surface area contributed by atoms with Crippen LogP contribution in [0, 0.1) is 5.92 Å². The lowest BCUT2D eigenvalue weighted by molar-refractivity contribution is 0.287. The fourth-order valence-corrected chi connectivity index (χ4v) is 4.05. The van der Waals surface area contributed by atoms with Crippen LogP contribution >= 0.6 is 9.24 Å². The number of allylic oxidation sites excluding steroid dienone is 2. The molecule has 126 valence electrons. The van der Waals surface area contributed by atoms with Gasteiger partial charge in [-0.15, -0.1) is 9.24 Å². The summed E-state index contributed by atoms with van der Waals surface area (Å²) >= 11 is 0. The molecule has 0 aromatic carbocycles. The maximum absolute atomic E-state index is 5.39. The minimum atomic E-state index is 0.195. The number of nitrogens with zero attached hydrogens (tertiary/aromatic N) is 3. The summed E-state index contributed by atoms with van der Waals surface area (Å²) in [6.45, 7) is 5.92. The van der Waals surface area contributed by atoms with Crippen LogP contribution in [0.25, 0.3) is 0 Å². The minimum Gasteiger partial charge on any atom is -0.481 e. The van der Waals surface area contributed by atoms with Gasteiger partial charge >= 0.3 is 0 Å². The fourth-order valence-electron chi connectivity index (χ4n) is 3.67. The number of aliphatic imine (C=N–C) groups is 2. The van der Waals surface area contributed by atoms with Crippen molar-refractivity contribution in [1.82, 2.24) is 4.90 Å². The number of hydrogen-bond acceptors (Lipinski definition) is 4. The number of rotatable bonds is 5. The van der Waals surface area contributed by atoms with Crippen LogP contribution in [0.15, 0.2) is 32.8 Å². The highest BCUT2D eigenvalue weighted by Gasteiger charge is 2.27. The van der Waals surface area contributed by atoms with Gasteiger partial charge in [0.05, 0.1) is 18.9 Å². The third-order valence-corrected chi connectivity index (χ3v) is 5.69. The lowest BCUT2D eigenvalue weighted by Crippen LogP contribution is -2.28. The van der Waals surface area contributed by atoms with Crippen molar-refractivity contribution < 1.29 is 4.74 Å². The second-order valence-corrected chi connectivity index (χ2v) is 7.28. The topological polar surface area (TPSA) is 37.2 Å². The van der Waals surface area contributed by atoms with Gasteiger partial charge in [-0.05, 0) is 55.1 Å². The number of likely N-dealkylation sites (tertiary alicyclic amines) is 1. The third kappa shape index (κ3) is 3.92. The highest BCUT2D eigenvalue weighted by Crippen LogP contribution is 2.29. The van der Waals surface area contributed by atoms with Crippen molar-refractivity contribution in [2.45, 2.75) is 45.1 Å². The highest BCUT2D eigenvalue weighted by atomic mass is 31.0. The second-order valence-electron chi connectivity index (χ2n) is 6.66. The van der Waals surface area contributed by atoms with E-state index in [1.54, 1.807) is 7.11 Å². The number of fused-ring (bicyclic) bond motifs is 1. The van der Waals surface area contributed by atoms with Crippen molar-refractivity contribution in [1.29, 1.82) is 0 Å². The number of dihydropyridines is 1. The maximum Gasteiger partial charge on any atom is 0.209 e. The minimum absolute atomic E-state index is 0.195. The summed E-state index contributed by atoms with van der Waals surface area (Å²) in [4.78, 5) is 12.1. The molecule has 2 unspecified atom stereocenters. The van der Waals surface area contributed by atoms with E-state index in [0.29, 0.717) is 0 Å². The number of hydrogen-bond donors (Lipinski definition) is 0. The van der Waals surface area contributed by atoms with Crippen molar-refractivity contribution >= 4 is 21.2 Å². The largest absolute Gasteiger partial charge is 0.481 e. The predicted molar refractivity (Wildman–Crippen MR) is 100 cm³/mol. The quantitative estimate of drug-likeness (QED) is 0.723. The molecule has 0 amide bonds. The Balaban J connectivity index is 1.72. The molecule has 5 heteroatoms. The van der Waals surface area contributed by atoms with Crippen molar-refractivity contribution in [2.24, 2.45) is 15.9 Å². The van der Waals surface area contributed by atoms with Gasteiger partial charge in [-0.3, -0.25) is 4.99 Å². The Labute approximate surface area is 142 Å². The second kappa shape index (κ2) is 7.72. The molecule has 3 atom stereocenters. The van der Waals surface area contributed by atoms with Gasteiger partial charge in [-0.2, -0.15) is 0 Å². The van der Waals surface area contributed by atoms with E-state index in [0.717, 1.165) is 43.3 Å². The normalized spacial score (nSPS) is 28.3. The summed E-state index contributed by atoms with van der Waals surface area (Å²) < 4.78 is 5.39. The molecular formula is C18H28N3OP. The van der Waals surface area contributed by atoms with Crippen molar-refractivity contribution in [3.8, 4) is 0 Å². The lowest BCUT2D eigenvalue weighted by atomic mass is 9.95. The first kappa shape index (κ1) is 16.9. The highest BCUT2D eigenvalue weighted by molar-refractivity contribution is 7.24. The monoisotopic (exact) mass is 333 g/mol. The first-order chi connectivity index (χ1) is 11.2. The Morgan fingerprint density at radius 1 is 1.39 bits per heavy atom. The van der Waals surface area contributed by atoms with Gasteiger partial charge in [0, 0.05) is 19.3 Å². The van der Waals surface area contributed by atoms with Crippen molar-refractivity contribution in [3.05, 3.63) is 22.8 Å². The third-order valence-electron chi connectivity index (χ3n) is 5.19. The molecular weight excluding hydrogens is 305 g/mol. The van der Waals surface area contributed by atoms with Crippen LogP contribution < -0.4 is 0 Å². The molecule has 0 saturated carbocycles. The van der Waals surface area contributed by atoms with Crippen LogP contribution in [0.1, 0.15) is 39.0 Å². The molecule has 0 aromatic heterocycles. The summed E-state index contributed by atoms with van der Waals surface area (Å²) in [6.07, 6.45) is 9.79. The van der Waals surface area contributed by atoms with E-state index < -0.39 is 0 Å². The summed E-state index contributed by atoms with van der Waals surface area (Å²) in [5, 5.41) is 1.18. The van der Waals surface area contributed by atoms with Gasteiger partial charge in [-0.1, -0.05) is 13.3 Å². The summed E-state index contributed by atoms with van der Waals surface area (Å²) in [7, 11) is 4.54. The molecule has 3 rings (SSSR count). The molecule has 3 heterocycles. The Morgan fingerprint density at radius 2 is 2.26 bits per heavy atom. The van der Waals surface area contributed by atoms with Crippen LogP contribution in [0.4, 0.5) is 0 Å². The summed E-state index contributed by atoms with van der Waals surface area (Å²) in [5.74, 6) is 1.63. The predicted octanol–water partition coefficient (Wildman–Crippen LogP) is 3.41.